The van der Waals surface area contributed by atoms with Crippen LogP contribution < -0.4 is 0 Å². The summed E-state index contributed by atoms with van der Waals surface area (Å²) in [6.45, 7) is 7.74. The maximum Gasteiger partial charge on any atom is 0.339 e. The summed E-state index contributed by atoms with van der Waals surface area (Å²) < 4.78 is 7.60. The Hall–Kier alpha value is -2.67. The zero-order valence-electron chi connectivity index (χ0n) is 17.3. The highest BCUT2D eigenvalue weighted by atomic mass is 16.5. The van der Waals surface area contributed by atoms with Crippen LogP contribution in [0.15, 0.2) is 36.5 Å². The van der Waals surface area contributed by atoms with Crippen molar-refractivity contribution in [3.8, 4) is 0 Å². The maximum atomic E-state index is 13.0. The van der Waals surface area contributed by atoms with E-state index in [4.69, 9.17) is 4.74 Å². The van der Waals surface area contributed by atoms with Crippen molar-refractivity contribution in [1.29, 1.82) is 0 Å². The summed E-state index contributed by atoms with van der Waals surface area (Å²) in [6.07, 6.45) is 2.92. The highest BCUT2D eigenvalue weighted by molar-refractivity contribution is 5.88. The largest absolute Gasteiger partial charge is 0.478 e. The molecule has 156 valence electrons. The van der Waals surface area contributed by atoms with Crippen LogP contribution in [-0.2, 0) is 16.1 Å². The van der Waals surface area contributed by atoms with Gasteiger partial charge >= 0.3 is 5.97 Å². The number of hydrogen-bond acceptors (Lipinski definition) is 4. The molecule has 7 heteroatoms. The van der Waals surface area contributed by atoms with Crippen molar-refractivity contribution >= 4 is 11.9 Å². The number of carbonyl (C=O) groups excluding carboxylic acids is 1. The number of rotatable bonds is 7. The number of hydrogen-bond donors (Lipinski definition) is 1. The van der Waals surface area contributed by atoms with Crippen LogP contribution in [0.2, 0.25) is 0 Å². The van der Waals surface area contributed by atoms with Gasteiger partial charge in [-0.15, -0.1) is 0 Å². The molecule has 0 atom stereocenters. The SMILES string of the molecule is Cc1c(C(=O)O)cnn1C1CCN(C(=O)C(C)(C)COCc2ccccc2)CC1. The highest BCUT2D eigenvalue weighted by Gasteiger charge is 2.35. The molecule has 29 heavy (non-hydrogen) atoms. The number of amides is 1. The number of piperidine rings is 1. The molecule has 1 aromatic carbocycles. The minimum absolute atomic E-state index is 0.0902. The molecule has 1 fully saturated rings. The molecule has 1 aromatic heterocycles. The average molecular weight is 399 g/mol. The lowest BCUT2D eigenvalue weighted by atomic mass is 9.91. The van der Waals surface area contributed by atoms with Gasteiger partial charge in [0.25, 0.3) is 0 Å². The molecule has 1 aliphatic heterocycles. The van der Waals surface area contributed by atoms with Crippen LogP contribution in [0.5, 0.6) is 0 Å². The molecule has 2 heterocycles. The number of benzene rings is 1. The number of carboxylic acid groups (broad SMARTS) is 1. The Morgan fingerprint density at radius 3 is 2.45 bits per heavy atom. The Bertz CT molecular complexity index is 852. The number of aromatic carboxylic acids is 1. The summed E-state index contributed by atoms with van der Waals surface area (Å²) in [5.74, 6) is -0.869. The van der Waals surface area contributed by atoms with E-state index in [1.165, 1.54) is 6.20 Å². The Balaban J connectivity index is 1.52. The van der Waals surface area contributed by atoms with Gasteiger partial charge in [0.2, 0.25) is 5.91 Å². The van der Waals surface area contributed by atoms with E-state index in [9.17, 15) is 14.7 Å². The third kappa shape index (κ3) is 4.85. The van der Waals surface area contributed by atoms with E-state index in [1.807, 2.05) is 49.1 Å². The van der Waals surface area contributed by atoms with Gasteiger partial charge in [0.15, 0.2) is 0 Å². The third-order valence-electron chi connectivity index (χ3n) is 5.53. The molecule has 1 N–H and O–H groups in total. The van der Waals surface area contributed by atoms with Crippen LogP contribution in [0.4, 0.5) is 0 Å². The molecule has 0 aliphatic carbocycles. The number of likely N-dealkylation sites (tertiary alicyclic amines) is 1. The van der Waals surface area contributed by atoms with Gasteiger partial charge in [-0.05, 0) is 39.2 Å². The van der Waals surface area contributed by atoms with Crippen molar-refractivity contribution < 1.29 is 19.4 Å². The van der Waals surface area contributed by atoms with Crippen molar-refractivity contribution in [3.05, 3.63) is 53.3 Å². The van der Waals surface area contributed by atoms with E-state index < -0.39 is 11.4 Å². The molecule has 1 saturated heterocycles. The molecular formula is C22H29N3O4. The molecule has 7 nitrogen and oxygen atoms in total. The summed E-state index contributed by atoms with van der Waals surface area (Å²) in [5.41, 5.74) is 1.39. The predicted molar refractivity (Wildman–Crippen MR) is 109 cm³/mol. The van der Waals surface area contributed by atoms with Gasteiger partial charge < -0.3 is 14.7 Å². The smallest absolute Gasteiger partial charge is 0.339 e. The first kappa shape index (κ1) is 21.0. The molecule has 2 aromatic rings. The molecule has 0 radical (unpaired) electrons. The van der Waals surface area contributed by atoms with Crippen LogP contribution in [0.1, 0.15) is 54.3 Å². The minimum atomic E-state index is -0.960. The van der Waals surface area contributed by atoms with Gasteiger partial charge in [0.1, 0.15) is 5.56 Å². The van der Waals surface area contributed by atoms with Gasteiger partial charge in [0.05, 0.1) is 36.6 Å². The standard InChI is InChI=1S/C22H29N3O4/c1-16-19(20(26)27)13-23-25(16)18-9-11-24(12-10-18)21(28)22(2,3)15-29-14-17-7-5-4-6-8-17/h4-8,13,18H,9-12,14-15H2,1-3H3,(H,26,27). The van der Waals surface area contributed by atoms with Gasteiger partial charge in [-0.2, -0.15) is 5.10 Å². The first-order valence-electron chi connectivity index (χ1n) is 9.98. The number of ether oxygens (including phenoxy) is 1. The van der Waals surface area contributed by atoms with E-state index in [2.05, 4.69) is 5.10 Å². The lowest BCUT2D eigenvalue weighted by Crippen LogP contribution is -2.47. The van der Waals surface area contributed by atoms with Crippen molar-refractivity contribution in [2.24, 2.45) is 5.41 Å². The predicted octanol–water partition coefficient (Wildman–Crippen LogP) is 3.30. The molecule has 0 bridgehead atoms. The van der Waals surface area contributed by atoms with E-state index in [-0.39, 0.29) is 17.5 Å². The topological polar surface area (TPSA) is 84.7 Å². The van der Waals surface area contributed by atoms with Crippen LogP contribution in [0.25, 0.3) is 0 Å². The normalized spacial score (nSPS) is 15.5. The van der Waals surface area contributed by atoms with Gasteiger partial charge in [-0.25, -0.2) is 4.79 Å². The van der Waals surface area contributed by atoms with Crippen LogP contribution in [0.3, 0.4) is 0 Å². The zero-order chi connectivity index (χ0) is 21.0. The van der Waals surface area contributed by atoms with Crippen molar-refractivity contribution in [2.45, 2.75) is 46.3 Å². The van der Waals surface area contributed by atoms with Crippen molar-refractivity contribution in [1.82, 2.24) is 14.7 Å². The highest BCUT2D eigenvalue weighted by Crippen LogP contribution is 2.28. The fourth-order valence-corrected chi connectivity index (χ4v) is 3.80. The molecule has 0 spiro atoms. The Morgan fingerprint density at radius 1 is 1.21 bits per heavy atom. The van der Waals surface area contributed by atoms with E-state index in [0.29, 0.717) is 32.0 Å². The number of aromatic nitrogens is 2. The van der Waals surface area contributed by atoms with Gasteiger partial charge in [0, 0.05) is 13.1 Å². The third-order valence-corrected chi connectivity index (χ3v) is 5.53. The monoisotopic (exact) mass is 399 g/mol. The van der Waals surface area contributed by atoms with Crippen LogP contribution in [-0.4, -0.2) is 51.4 Å². The minimum Gasteiger partial charge on any atom is -0.478 e. The zero-order valence-corrected chi connectivity index (χ0v) is 17.3. The van der Waals surface area contributed by atoms with Crippen LogP contribution in [0, 0.1) is 12.3 Å². The van der Waals surface area contributed by atoms with E-state index >= 15 is 0 Å². The Kier molecular flexibility index (Phi) is 6.37. The molecule has 1 amide bonds. The second kappa shape index (κ2) is 8.78. The fraction of sp³-hybridized carbons (Fsp3) is 0.500. The average Bonchev–Trinajstić information content (AvgIpc) is 3.10. The quantitative estimate of drug-likeness (QED) is 0.772. The molecular weight excluding hydrogens is 370 g/mol. The number of carbonyl (C=O) groups is 2. The Morgan fingerprint density at radius 2 is 1.86 bits per heavy atom. The maximum absolute atomic E-state index is 13.0. The summed E-state index contributed by atoms with van der Waals surface area (Å²) in [4.78, 5) is 26.1. The fourth-order valence-electron chi connectivity index (χ4n) is 3.80. The van der Waals surface area contributed by atoms with E-state index in [0.717, 1.165) is 18.4 Å². The summed E-state index contributed by atoms with van der Waals surface area (Å²) in [6, 6.07) is 10.0. The molecule has 3 rings (SSSR count). The van der Waals surface area contributed by atoms with Crippen LogP contribution >= 0.6 is 0 Å². The van der Waals surface area contributed by atoms with Crippen molar-refractivity contribution in [3.63, 3.8) is 0 Å². The summed E-state index contributed by atoms with van der Waals surface area (Å²) in [7, 11) is 0. The van der Waals surface area contributed by atoms with Gasteiger partial charge in [-0.1, -0.05) is 30.3 Å². The van der Waals surface area contributed by atoms with Crippen molar-refractivity contribution in [2.75, 3.05) is 19.7 Å². The first-order chi connectivity index (χ1) is 13.8. The second-order valence-corrected chi connectivity index (χ2v) is 8.28. The number of nitrogens with zero attached hydrogens (tertiary/aromatic N) is 3. The molecule has 1 aliphatic rings. The Labute approximate surface area is 171 Å². The summed E-state index contributed by atoms with van der Waals surface area (Å²) >= 11 is 0. The number of carboxylic acids is 1. The summed E-state index contributed by atoms with van der Waals surface area (Å²) in [5, 5.41) is 13.5. The lowest BCUT2D eigenvalue weighted by Gasteiger charge is -2.37. The lowest BCUT2D eigenvalue weighted by molar-refractivity contribution is -0.145. The van der Waals surface area contributed by atoms with E-state index in [1.54, 1.807) is 11.6 Å². The molecule has 0 saturated carbocycles. The first-order valence-corrected chi connectivity index (χ1v) is 9.98. The second-order valence-electron chi connectivity index (χ2n) is 8.28. The van der Waals surface area contributed by atoms with Gasteiger partial charge in [-0.3, -0.25) is 9.48 Å². The molecule has 0 unspecified atom stereocenters.